The molecule has 2 aromatic rings. The van der Waals surface area contributed by atoms with Crippen molar-refractivity contribution in [3.05, 3.63) is 34.4 Å². The highest BCUT2D eigenvalue weighted by atomic mass is 79.9. The molecule has 1 heterocycles. The van der Waals surface area contributed by atoms with Crippen LogP contribution in [0.1, 0.15) is 25.3 Å². The quantitative estimate of drug-likeness (QED) is 0.904. The summed E-state index contributed by atoms with van der Waals surface area (Å²) in [5.74, 6) is 0. The van der Waals surface area contributed by atoms with Crippen LogP contribution in [0.4, 0.5) is 0 Å². The third-order valence-corrected chi connectivity index (χ3v) is 4.77. The van der Waals surface area contributed by atoms with E-state index in [4.69, 9.17) is 5.73 Å². The van der Waals surface area contributed by atoms with E-state index in [9.17, 15) is 0 Å². The summed E-state index contributed by atoms with van der Waals surface area (Å²) in [6.07, 6.45) is 4.56. The Kier molecular flexibility index (Phi) is 2.39. The molecule has 0 saturated heterocycles. The highest BCUT2D eigenvalue weighted by Gasteiger charge is 2.48. The van der Waals surface area contributed by atoms with Crippen LogP contribution in [0.3, 0.4) is 0 Å². The minimum absolute atomic E-state index is 0.212. The van der Waals surface area contributed by atoms with Crippen LogP contribution >= 0.6 is 15.9 Å². The van der Waals surface area contributed by atoms with Gasteiger partial charge in [-0.05, 0) is 47.3 Å². The smallest absolute Gasteiger partial charge is 0.0492 e. The molecule has 1 saturated carbocycles. The topological polar surface area (TPSA) is 30.9 Å². The lowest BCUT2D eigenvalue weighted by Crippen LogP contribution is -2.31. The van der Waals surface area contributed by atoms with E-state index in [1.807, 2.05) is 0 Å². The van der Waals surface area contributed by atoms with Gasteiger partial charge in [-0.25, -0.2) is 0 Å². The van der Waals surface area contributed by atoms with Gasteiger partial charge in [-0.1, -0.05) is 12.1 Å². The number of nitrogens with zero attached hydrogens (tertiary/aromatic N) is 1. The minimum atomic E-state index is 0.212. The molecule has 0 bridgehead atoms. The number of benzene rings is 1. The van der Waals surface area contributed by atoms with Gasteiger partial charge in [0.25, 0.3) is 0 Å². The largest absolute Gasteiger partial charge is 0.349 e. The molecule has 0 amide bonds. The van der Waals surface area contributed by atoms with E-state index in [-0.39, 0.29) is 11.5 Å². The molecule has 2 N–H and O–H groups in total. The molecule has 2 nitrogen and oxygen atoms in total. The number of rotatable bonds is 2. The summed E-state index contributed by atoms with van der Waals surface area (Å²) in [6.45, 7) is 2.13. The number of fused-ring (bicyclic) bond motifs is 1. The molecule has 0 radical (unpaired) electrons. The minimum Gasteiger partial charge on any atom is -0.349 e. The van der Waals surface area contributed by atoms with Gasteiger partial charge in [0.2, 0.25) is 0 Å². The number of halogens is 1. The maximum absolute atomic E-state index is 6.19. The fourth-order valence-corrected chi connectivity index (χ4v) is 3.63. The fourth-order valence-electron chi connectivity index (χ4n) is 2.91. The molecule has 3 rings (SSSR count). The van der Waals surface area contributed by atoms with Crippen molar-refractivity contribution in [2.45, 2.75) is 31.2 Å². The maximum atomic E-state index is 6.19. The van der Waals surface area contributed by atoms with Gasteiger partial charge in [-0.3, -0.25) is 0 Å². The number of hydrogen-bond acceptors (Lipinski definition) is 1. The van der Waals surface area contributed by atoms with Gasteiger partial charge in [-0.15, -0.1) is 0 Å². The third-order valence-electron chi connectivity index (χ3n) is 4.16. The molecule has 3 heteroatoms. The van der Waals surface area contributed by atoms with Crippen LogP contribution in [-0.4, -0.2) is 10.6 Å². The van der Waals surface area contributed by atoms with Crippen LogP contribution in [0, 0.1) is 0 Å². The maximum Gasteiger partial charge on any atom is 0.0492 e. The molecule has 1 atom stereocenters. The molecular formula is C14H17BrN2. The predicted molar refractivity (Wildman–Crippen MR) is 75.2 cm³/mol. The second-order valence-corrected chi connectivity index (χ2v) is 6.09. The zero-order valence-corrected chi connectivity index (χ0v) is 11.8. The van der Waals surface area contributed by atoms with E-state index in [0.717, 1.165) is 0 Å². The van der Waals surface area contributed by atoms with Crippen LogP contribution in [0.25, 0.3) is 10.9 Å². The summed E-state index contributed by atoms with van der Waals surface area (Å²) in [7, 11) is 2.09. The second-order valence-electron chi connectivity index (χ2n) is 5.23. The van der Waals surface area contributed by atoms with Crippen LogP contribution in [0.5, 0.6) is 0 Å². The average molecular weight is 293 g/mol. The molecule has 1 aliphatic carbocycles. The van der Waals surface area contributed by atoms with E-state index in [1.54, 1.807) is 0 Å². The predicted octanol–water partition coefficient (Wildman–Crippen LogP) is 3.32. The lowest BCUT2D eigenvalue weighted by molar-refractivity contribution is 0.560. The van der Waals surface area contributed by atoms with Crippen LogP contribution < -0.4 is 5.73 Å². The number of nitrogens with two attached hydrogens (primary N) is 1. The van der Waals surface area contributed by atoms with Crippen molar-refractivity contribution < 1.29 is 0 Å². The normalized spacial score (nSPS) is 19.5. The first kappa shape index (κ1) is 11.3. The van der Waals surface area contributed by atoms with Crippen molar-refractivity contribution in [3.63, 3.8) is 0 Å². The first-order valence-corrected chi connectivity index (χ1v) is 6.85. The molecule has 1 aromatic heterocycles. The van der Waals surface area contributed by atoms with Gasteiger partial charge in [0, 0.05) is 40.1 Å². The van der Waals surface area contributed by atoms with E-state index >= 15 is 0 Å². The molecule has 90 valence electrons. The number of hydrogen-bond donors (Lipinski definition) is 1. The van der Waals surface area contributed by atoms with E-state index in [1.165, 1.54) is 33.8 Å². The molecule has 0 spiro atoms. The lowest BCUT2D eigenvalue weighted by atomic mass is 9.87. The van der Waals surface area contributed by atoms with Crippen molar-refractivity contribution in [2.75, 3.05) is 0 Å². The Labute approximate surface area is 110 Å². The third kappa shape index (κ3) is 1.49. The van der Waals surface area contributed by atoms with Gasteiger partial charge in [0.1, 0.15) is 0 Å². The zero-order chi connectivity index (χ0) is 12.2. The summed E-state index contributed by atoms with van der Waals surface area (Å²) in [5, 5.41) is 1.34. The average Bonchev–Trinajstić information content (AvgIpc) is 3.04. The molecule has 1 aromatic carbocycles. The molecular weight excluding hydrogens is 276 g/mol. The van der Waals surface area contributed by atoms with Crippen LogP contribution in [0.2, 0.25) is 0 Å². The zero-order valence-electron chi connectivity index (χ0n) is 10.2. The van der Waals surface area contributed by atoms with Gasteiger partial charge in [-0.2, -0.15) is 0 Å². The summed E-state index contributed by atoms with van der Waals surface area (Å²) < 4.78 is 3.35. The summed E-state index contributed by atoms with van der Waals surface area (Å²) in [4.78, 5) is 0. The Balaban J connectivity index is 2.31. The van der Waals surface area contributed by atoms with Crippen molar-refractivity contribution in [3.8, 4) is 0 Å². The standard InChI is InChI=1S/C14H17BrN2/c1-9(16)14(6-7-14)10-4-3-5-12-13(10)11(15)8-17(12)2/h3-5,8-9H,6-7,16H2,1-2H3. The van der Waals surface area contributed by atoms with Crippen molar-refractivity contribution in [1.82, 2.24) is 4.57 Å². The summed E-state index contributed by atoms with van der Waals surface area (Å²) in [6, 6.07) is 6.77. The monoisotopic (exact) mass is 292 g/mol. The Bertz CT molecular complexity index is 579. The van der Waals surface area contributed by atoms with Gasteiger partial charge in [0.15, 0.2) is 0 Å². The van der Waals surface area contributed by atoms with Crippen molar-refractivity contribution in [1.29, 1.82) is 0 Å². The van der Waals surface area contributed by atoms with E-state index < -0.39 is 0 Å². The van der Waals surface area contributed by atoms with Crippen molar-refractivity contribution >= 4 is 26.8 Å². The Hall–Kier alpha value is -0.800. The van der Waals surface area contributed by atoms with Crippen molar-refractivity contribution in [2.24, 2.45) is 12.8 Å². The molecule has 0 aliphatic heterocycles. The summed E-state index contributed by atoms with van der Waals surface area (Å²) in [5.41, 5.74) is 9.10. The van der Waals surface area contributed by atoms with Gasteiger partial charge < -0.3 is 10.3 Å². The number of aryl methyl sites for hydroxylation is 1. The second kappa shape index (κ2) is 3.59. The Morgan fingerprint density at radius 3 is 2.71 bits per heavy atom. The SMILES string of the molecule is CC(N)C1(c2cccc3c2c(Br)cn3C)CC1. The molecule has 17 heavy (non-hydrogen) atoms. The van der Waals surface area contributed by atoms with Crippen LogP contribution in [0.15, 0.2) is 28.9 Å². The van der Waals surface area contributed by atoms with E-state index in [2.05, 4.69) is 58.9 Å². The highest BCUT2D eigenvalue weighted by Crippen LogP contribution is 2.53. The van der Waals surface area contributed by atoms with Crippen LogP contribution in [-0.2, 0) is 12.5 Å². The Morgan fingerprint density at radius 2 is 2.12 bits per heavy atom. The molecule has 1 fully saturated rings. The first-order valence-electron chi connectivity index (χ1n) is 6.06. The van der Waals surface area contributed by atoms with Gasteiger partial charge in [0.05, 0.1) is 0 Å². The van der Waals surface area contributed by atoms with E-state index in [0.29, 0.717) is 0 Å². The first-order chi connectivity index (χ1) is 8.06. The molecule has 1 unspecified atom stereocenters. The van der Waals surface area contributed by atoms with Gasteiger partial charge >= 0.3 is 0 Å². The number of aromatic nitrogens is 1. The highest BCUT2D eigenvalue weighted by molar-refractivity contribution is 9.10. The molecule has 1 aliphatic rings. The fraction of sp³-hybridized carbons (Fsp3) is 0.429. The Morgan fingerprint density at radius 1 is 1.41 bits per heavy atom. The summed E-state index contributed by atoms with van der Waals surface area (Å²) >= 11 is 3.68. The lowest BCUT2D eigenvalue weighted by Gasteiger charge is -2.21.